The molecule has 0 aromatic heterocycles. The summed E-state index contributed by atoms with van der Waals surface area (Å²) in [6.07, 6.45) is 1.67. The number of carbonyl (C=O) groups is 1. The Hall–Kier alpha value is -2.18. The first-order chi connectivity index (χ1) is 11.3. The van der Waals surface area contributed by atoms with Crippen molar-refractivity contribution in [2.45, 2.75) is 24.8 Å². The van der Waals surface area contributed by atoms with Crippen LogP contribution in [0, 0.1) is 0 Å². The highest BCUT2D eigenvalue weighted by Gasteiger charge is 2.13. The number of carbonyl (C=O) groups excluding carboxylic acids is 1. The molecule has 0 saturated carbocycles. The van der Waals surface area contributed by atoms with Gasteiger partial charge in [0, 0.05) is 12.8 Å². The quantitative estimate of drug-likeness (QED) is 0.793. The summed E-state index contributed by atoms with van der Waals surface area (Å²) in [7, 11) is -3.08. The molecule has 0 aliphatic carbocycles. The van der Waals surface area contributed by atoms with Crippen LogP contribution in [-0.4, -0.2) is 26.6 Å². The molecule has 2 aromatic carbocycles. The molecule has 2 rings (SSSR count). The van der Waals surface area contributed by atoms with E-state index in [2.05, 4.69) is 5.32 Å². The molecule has 2 aromatic rings. The van der Waals surface area contributed by atoms with Crippen molar-refractivity contribution in [1.82, 2.24) is 5.32 Å². The second-order valence-electron chi connectivity index (χ2n) is 5.90. The first kappa shape index (κ1) is 18.2. The normalized spacial score (nSPS) is 12.6. The fourth-order valence-electron chi connectivity index (χ4n) is 2.41. The average molecular weight is 346 g/mol. The van der Waals surface area contributed by atoms with Crippen molar-refractivity contribution < 1.29 is 13.2 Å². The van der Waals surface area contributed by atoms with Gasteiger partial charge in [0.15, 0.2) is 9.84 Å². The summed E-state index contributed by atoms with van der Waals surface area (Å²) in [5, 5.41) is 2.80. The molecule has 1 atom stereocenters. The van der Waals surface area contributed by atoms with Crippen molar-refractivity contribution in [2.24, 2.45) is 5.73 Å². The maximum atomic E-state index is 12.1. The molecule has 24 heavy (non-hydrogen) atoms. The van der Waals surface area contributed by atoms with Gasteiger partial charge in [-0.2, -0.15) is 0 Å². The molecule has 3 N–H and O–H groups in total. The molecule has 0 bridgehead atoms. The lowest BCUT2D eigenvalue weighted by atomic mass is 10.1. The van der Waals surface area contributed by atoms with Gasteiger partial charge in [-0.25, -0.2) is 8.42 Å². The maximum Gasteiger partial charge on any atom is 0.237 e. The predicted octanol–water partition coefficient (Wildman–Crippen LogP) is 1.42. The molecule has 0 aliphatic heterocycles. The van der Waals surface area contributed by atoms with Crippen molar-refractivity contribution >= 4 is 15.7 Å². The van der Waals surface area contributed by atoms with Gasteiger partial charge in [-0.3, -0.25) is 4.79 Å². The summed E-state index contributed by atoms with van der Waals surface area (Å²) in [4.78, 5) is 12.1. The Kier molecular flexibility index (Phi) is 6.11. The molecule has 1 amide bonds. The van der Waals surface area contributed by atoms with E-state index >= 15 is 0 Å². The highest BCUT2D eigenvalue weighted by atomic mass is 32.2. The van der Waals surface area contributed by atoms with E-state index in [4.69, 9.17) is 5.73 Å². The summed E-state index contributed by atoms with van der Waals surface area (Å²) in [5.41, 5.74) is 8.49. The van der Waals surface area contributed by atoms with Crippen molar-refractivity contribution in [2.75, 3.05) is 6.26 Å². The van der Waals surface area contributed by atoms with E-state index in [-0.39, 0.29) is 11.7 Å². The summed E-state index contributed by atoms with van der Waals surface area (Å²) in [6.45, 7) is 0.318. The van der Waals surface area contributed by atoms with E-state index in [1.165, 1.54) is 6.26 Å². The Labute approximate surface area is 142 Å². The van der Waals surface area contributed by atoms with Crippen LogP contribution in [-0.2, 0) is 33.4 Å². The highest BCUT2D eigenvalue weighted by Crippen LogP contribution is 2.09. The van der Waals surface area contributed by atoms with Crippen LogP contribution in [0.25, 0.3) is 0 Å². The third-order valence-corrected chi connectivity index (χ3v) is 4.38. The van der Waals surface area contributed by atoms with Gasteiger partial charge >= 0.3 is 0 Å². The second kappa shape index (κ2) is 8.08. The highest BCUT2D eigenvalue weighted by molar-refractivity contribution is 7.89. The minimum Gasteiger partial charge on any atom is -0.351 e. The van der Waals surface area contributed by atoms with E-state index in [1.54, 1.807) is 18.2 Å². The molecule has 128 valence electrons. The molecule has 5 nitrogen and oxygen atoms in total. The van der Waals surface area contributed by atoms with Crippen LogP contribution in [0.3, 0.4) is 0 Å². The molecule has 0 saturated heterocycles. The second-order valence-corrected chi connectivity index (χ2v) is 8.04. The summed E-state index contributed by atoms with van der Waals surface area (Å²) < 4.78 is 22.7. The van der Waals surface area contributed by atoms with E-state index in [9.17, 15) is 13.2 Å². The molecule has 0 unspecified atom stereocenters. The number of benzene rings is 2. The van der Waals surface area contributed by atoms with Crippen LogP contribution < -0.4 is 11.1 Å². The predicted molar refractivity (Wildman–Crippen MR) is 95.0 cm³/mol. The van der Waals surface area contributed by atoms with Crippen LogP contribution in [0.2, 0.25) is 0 Å². The van der Waals surface area contributed by atoms with Crippen LogP contribution in [0.15, 0.2) is 54.6 Å². The van der Waals surface area contributed by atoms with Crippen molar-refractivity contribution in [3.8, 4) is 0 Å². The monoisotopic (exact) mass is 346 g/mol. The lowest BCUT2D eigenvalue weighted by molar-refractivity contribution is -0.122. The van der Waals surface area contributed by atoms with Crippen LogP contribution >= 0.6 is 0 Å². The third kappa shape index (κ3) is 6.14. The summed E-state index contributed by atoms with van der Waals surface area (Å²) in [6, 6.07) is 16.1. The number of rotatable bonds is 7. The molecule has 0 aliphatic rings. The number of nitrogens with one attached hydrogen (secondary N) is 1. The lowest BCUT2D eigenvalue weighted by Gasteiger charge is -2.13. The Balaban J connectivity index is 1.90. The zero-order valence-electron chi connectivity index (χ0n) is 13.6. The van der Waals surface area contributed by atoms with E-state index < -0.39 is 15.9 Å². The Morgan fingerprint density at radius 1 is 1.04 bits per heavy atom. The SMILES string of the molecule is CS(=O)(=O)Cc1cccc(CNC(=O)[C@@H](N)Cc2ccccc2)c1. The molecule has 0 radical (unpaired) electrons. The maximum absolute atomic E-state index is 12.1. The standard InChI is InChI=1S/C18H22N2O3S/c1-24(22,23)13-16-9-5-8-15(10-16)12-20-18(21)17(19)11-14-6-3-2-4-7-14/h2-10,17H,11-13,19H2,1H3,(H,20,21)/t17-/m0/s1. The van der Waals surface area contributed by atoms with Gasteiger partial charge in [-0.1, -0.05) is 54.6 Å². The van der Waals surface area contributed by atoms with Gasteiger partial charge in [0.05, 0.1) is 11.8 Å². The first-order valence-electron chi connectivity index (χ1n) is 7.66. The van der Waals surface area contributed by atoms with Gasteiger partial charge in [-0.15, -0.1) is 0 Å². The van der Waals surface area contributed by atoms with Gasteiger partial charge in [0.1, 0.15) is 0 Å². The number of hydrogen-bond acceptors (Lipinski definition) is 4. The van der Waals surface area contributed by atoms with E-state index in [0.717, 1.165) is 11.1 Å². The molecular weight excluding hydrogens is 324 g/mol. The summed E-state index contributed by atoms with van der Waals surface area (Å²) in [5.74, 6) is -0.241. The largest absolute Gasteiger partial charge is 0.351 e. The van der Waals surface area contributed by atoms with Crippen molar-refractivity contribution in [3.63, 3.8) is 0 Å². The Bertz CT molecular complexity index is 789. The number of hydrogen-bond donors (Lipinski definition) is 2. The minimum absolute atomic E-state index is 0.0116. The number of amides is 1. The van der Waals surface area contributed by atoms with E-state index in [0.29, 0.717) is 18.5 Å². The van der Waals surface area contributed by atoms with Gasteiger partial charge < -0.3 is 11.1 Å². The smallest absolute Gasteiger partial charge is 0.237 e. The van der Waals surface area contributed by atoms with Crippen molar-refractivity contribution in [1.29, 1.82) is 0 Å². The van der Waals surface area contributed by atoms with Crippen molar-refractivity contribution in [3.05, 3.63) is 71.3 Å². The number of nitrogens with two attached hydrogens (primary N) is 1. The minimum atomic E-state index is -3.08. The number of sulfone groups is 1. The zero-order valence-corrected chi connectivity index (χ0v) is 14.4. The zero-order chi connectivity index (χ0) is 17.6. The molecule has 0 spiro atoms. The first-order valence-corrected chi connectivity index (χ1v) is 9.72. The topological polar surface area (TPSA) is 89.3 Å². The lowest BCUT2D eigenvalue weighted by Crippen LogP contribution is -2.41. The Morgan fingerprint density at radius 3 is 2.33 bits per heavy atom. The van der Waals surface area contributed by atoms with Gasteiger partial charge in [-0.05, 0) is 23.1 Å². The fourth-order valence-corrected chi connectivity index (χ4v) is 3.20. The van der Waals surface area contributed by atoms with Crippen LogP contribution in [0.5, 0.6) is 0 Å². The van der Waals surface area contributed by atoms with Crippen LogP contribution in [0.4, 0.5) is 0 Å². The molecule has 0 heterocycles. The third-order valence-electron chi connectivity index (χ3n) is 3.52. The molecule has 6 heteroatoms. The van der Waals surface area contributed by atoms with Gasteiger partial charge in [0.2, 0.25) is 5.91 Å². The van der Waals surface area contributed by atoms with E-state index in [1.807, 2.05) is 36.4 Å². The van der Waals surface area contributed by atoms with Gasteiger partial charge in [0.25, 0.3) is 0 Å². The molecular formula is C18H22N2O3S. The average Bonchev–Trinajstić information content (AvgIpc) is 2.52. The molecule has 0 fully saturated rings. The summed E-state index contributed by atoms with van der Waals surface area (Å²) >= 11 is 0. The fraction of sp³-hybridized carbons (Fsp3) is 0.278. The Morgan fingerprint density at radius 2 is 1.67 bits per heavy atom. The van der Waals surface area contributed by atoms with Crippen LogP contribution in [0.1, 0.15) is 16.7 Å².